The lowest BCUT2D eigenvalue weighted by Gasteiger charge is -2.03. The molecule has 0 aliphatic heterocycles. The predicted molar refractivity (Wildman–Crippen MR) is 103 cm³/mol. The highest BCUT2D eigenvalue weighted by molar-refractivity contribution is 7.80. The van der Waals surface area contributed by atoms with Gasteiger partial charge in [-0.2, -0.15) is 12.6 Å². The monoisotopic (exact) mass is 316 g/mol. The first kappa shape index (κ1) is 17.7. The van der Waals surface area contributed by atoms with Crippen LogP contribution in [0.3, 0.4) is 0 Å². The van der Waals surface area contributed by atoms with Crippen molar-refractivity contribution >= 4 is 12.6 Å². The Hall–Kier alpha value is -0.690. The molecule has 22 heavy (non-hydrogen) atoms. The summed E-state index contributed by atoms with van der Waals surface area (Å²) in [4.78, 5) is 0. The fourth-order valence-corrected chi connectivity index (χ4v) is 3.57. The van der Waals surface area contributed by atoms with Gasteiger partial charge in [-0.15, -0.1) is 0 Å². The second kappa shape index (κ2) is 10.9. The highest BCUT2D eigenvalue weighted by Crippen LogP contribution is 2.30. The molecule has 122 valence electrons. The quantitative estimate of drug-likeness (QED) is 0.292. The maximum absolute atomic E-state index is 4.26. The van der Waals surface area contributed by atoms with Gasteiger partial charge in [-0.25, -0.2) is 0 Å². The van der Waals surface area contributed by atoms with Crippen LogP contribution >= 0.6 is 12.6 Å². The molecule has 0 atom stereocenters. The molecule has 0 aromatic carbocycles. The Morgan fingerprint density at radius 3 is 2.09 bits per heavy atom. The van der Waals surface area contributed by atoms with E-state index in [9.17, 15) is 0 Å². The Morgan fingerprint density at radius 1 is 0.773 bits per heavy atom. The van der Waals surface area contributed by atoms with Crippen LogP contribution in [0.25, 0.3) is 0 Å². The van der Waals surface area contributed by atoms with Crippen molar-refractivity contribution in [1.29, 1.82) is 0 Å². The molecule has 0 saturated carbocycles. The summed E-state index contributed by atoms with van der Waals surface area (Å²) in [7, 11) is 0. The Kier molecular flexibility index (Phi) is 8.78. The van der Waals surface area contributed by atoms with Crippen LogP contribution in [0.5, 0.6) is 0 Å². The first-order valence-corrected chi connectivity index (χ1v) is 9.90. The van der Waals surface area contributed by atoms with Crippen molar-refractivity contribution in [1.82, 2.24) is 0 Å². The van der Waals surface area contributed by atoms with E-state index in [0.29, 0.717) is 0 Å². The lowest BCUT2D eigenvalue weighted by Crippen LogP contribution is -1.84. The molecule has 0 aromatic rings. The van der Waals surface area contributed by atoms with Crippen LogP contribution in [0.2, 0.25) is 0 Å². The van der Waals surface area contributed by atoms with E-state index in [1.807, 2.05) is 0 Å². The Morgan fingerprint density at radius 2 is 1.45 bits per heavy atom. The first-order chi connectivity index (χ1) is 10.9. The molecule has 0 N–H and O–H groups in total. The molecule has 1 heteroatoms. The third kappa shape index (κ3) is 6.60. The minimum Gasteiger partial charge on any atom is -0.179 e. The fourth-order valence-electron chi connectivity index (χ4n) is 3.34. The molecule has 0 saturated heterocycles. The van der Waals surface area contributed by atoms with E-state index in [1.165, 1.54) is 69.8 Å². The van der Waals surface area contributed by atoms with Gasteiger partial charge in [0.1, 0.15) is 0 Å². The van der Waals surface area contributed by atoms with Crippen molar-refractivity contribution in [3.63, 3.8) is 0 Å². The van der Waals surface area contributed by atoms with Crippen LogP contribution in [-0.2, 0) is 0 Å². The summed E-state index contributed by atoms with van der Waals surface area (Å²) < 4.78 is 0. The molecular weight excluding hydrogens is 284 g/mol. The minimum atomic E-state index is 1.06. The van der Waals surface area contributed by atoms with Crippen LogP contribution in [0, 0.1) is 0 Å². The standard InChI is InChI=1S/C21H32S/c22-17-11-7-5-3-1-2-4-6-8-12-19-15-16-21(18-19)20-13-9-10-14-20/h9-10,13,15,18,22H,1-8,11-12,14,16-17H2. The molecule has 2 aliphatic carbocycles. The van der Waals surface area contributed by atoms with Crippen LogP contribution in [0.1, 0.15) is 77.0 Å². The van der Waals surface area contributed by atoms with Gasteiger partial charge in [0.2, 0.25) is 0 Å². The van der Waals surface area contributed by atoms with Crippen molar-refractivity contribution in [2.24, 2.45) is 0 Å². The molecule has 0 bridgehead atoms. The maximum atomic E-state index is 4.26. The van der Waals surface area contributed by atoms with Crippen molar-refractivity contribution in [2.75, 3.05) is 5.75 Å². The largest absolute Gasteiger partial charge is 0.179 e. The topological polar surface area (TPSA) is 0 Å². The molecule has 0 fully saturated rings. The van der Waals surface area contributed by atoms with E-state index in [4.69, 9.17) is 0 Å². The van der Waals surface area contributed by atoms with E-state index in [0.717, 1.165) is 18.6 Å². The van der Waals surface area contributed by atoms with Gasteiger partial charge < -0.3 is 0 Å². The zero-order chi connectivity index (χ0) is 15.5. The molecule has 0 radical (unpaired) electrons. The van der Waals surface area contributed by atoms with Crippen LogP contribution in [0.15, 0.2) is 47.1 Å². The van der Waals surface area contributed by atoms with E-state index in [1.54, 1.807) is 11.1 Å². The summed E-state index contributed by atoms with van der Waals surface area (Å²) in [6, 6.07) is 0. The highest BCUT2D eigenvalue weighted by Gasteiger charge is 2.11. The number of unbranched alkanes of at least 4 members (excludes halogenated alkanes) is 8. The molecule has 2 aliphatic rings. The van der Waals surface area contributed by atoms with Crippen molar-refractivity contribution in [3.8, 4) is 0 Å². The molecule has 0 spiro atoms. The molecule has 0 aromatic heterocycles. The predicted octanol–water partition coefficient (Wildman–Crippen LogP) is 6.96. The van der Waals surface area contributed by atoms with Gasteiger partial charge in [0.15, 0.2) is 0 Å². The van der Waals surface area contributed by atoms with Crippen molar-refractivity contribution < 1.29 is 0 Å². The van der Waals surface area contributed by atoms with Crippen LogP contribution in [-0.4, -0.2) is 5.75 Å². The third-order valence-electron chi connectivity index (χ3n) is 4.75. The molecule has 0 unspecified atom stereocenters. The third-order valence-corrected chi connectivity index (χ3v) is 5.07. The van der Waals surface area contributed by atoms with Gasteiger partial charge in [-0.05, 0) is 49.0 Å². The number of hydrogen-bond donors (Lipinski definition) is 1. The highest BCUT2D eigenvalue weighted by atomic mass is 32.1. The minimum absolute atomic E-state index is 1.06. The number of allylic oxidation sites excluding steroid dienone is 8. The van der Waals surface area contributed by atoms with Gasteiger partial charge in [0.05, 0.1) is 0 Å². The second-order valence-corrected chi connectivity index (χ2v) is 7.08. The summed E-state index contributed by atoms with van der Waals surface area (Å²) in [5.74, 6) is 1.06. The van der Waals surface area contributed by atoms with Gasteiger partial charge in [-0.1, -0.05) is 80.9 Å². The lowest BCUT2D eigenvalue weighted by atomic mass is 10.0. The molecule has 0 amide bonds. The van der Waals surface area contributed by atoms with E-state index in [2.05, 4.69) is 43.0 Å². The summed E-state index contributed by atoms with van der Waals surface area (Å²) in [6.07, 6.45) is 27.7. The van der Waals surface area contributed by atoms with Crippen LogP contribution in [0.4, 0.5) is 0 Å². The zero-order valence-electron chi connectivity index (χ0n) is 14.0. The number of thiol groups is 1. The van der Waals surface area contributed by atoms with Gasteiger partial charge in [-0.3, -0.25) is 0 Å². The SMILES string of the molecule is SCCCCCCCCCCCC1=CCC(C2=CC=CC2)=C1. The van der Waals surface area contributed by atoms with Crippen molar-refractivity contribution in [2.45, 2.75) is 77.0 Å². The maximum Gasteiger partial charge on any atom is -0.00887 e. The Balaban J connectivity index is 1.44. The van der Waals surface area contributed by atoms with E-state index in [-0.39, 0.29) is 0 Å². The fraction of sp³-hybridized carbons (Fsp3) is 0.619. The smallest absolute Gasteiger partial charge is 0.00887 e. The summed E-state index contributed by atoms with van der Waals surface area (Å²) in [6.45, 7) is 0. The summed E-state index contributed by atoms with van der Waals surface area (Å²) in [5.41, 5.74) is 4.67. The Bertz CT molecular complexity index is 437. The summed E-state index contributed by atoms with van der Waals surface area (Å²) in [5, 5.41) is 0. The van der Waals surface area contributed by atoms with Crippen LogP contribution < -0.4 is 0 Å². The van der Waals surface area contributed by atoms with Crippen molar-refractivity contribution in [3.05, 3.63) is 47.1 Å². The van der Waals surface area contributed by atoms with E-state index >= 15 is 0 Å². The second-order valence-electron chi connectivity index (χ2n) is 6.63. The number of hydrogen-bond acceptors (Lipinski definition) is 1. The normalized spacial score (nSPS) is 16.9. The molecular formula is C21H32S. The average molecular weight is 317 g/mol. The molecule has 0 heterocycles. The summed E-state index contributed by atoms with van der Waals surface area (Å²) >= 11 is 4.26. The van der Waals surface area contributed by atoms with Gasteiger partial charge >= 0.3 is 0 Å². The zero-order valence-corrected chi connectivity index (χ0v) is 14.9. The number of rotatable bonds is 12. The van der Waals surface area contributed by atoms with Gasteiger partial charge in [0.25, 0.3) is 0 Å². The molecule has 0 nitrogen and oxygen atoms in total. The lowest BCUT2D eigenvalue weighted by molar-refractivity contribution is 0.566. The van der Waals surface area contributed by atoms with Gasteiger partial charge in [0, 0.05) is 0 Å². The Labute approximate surface area is 142 Å². The molecule has 2 rings (SSSR count). The first-order valence-electron chi connectivity index (χ1n) is 9.26. The average Bonchev–Trinajstić information content (AvgIpc) is 3.19. The van der Waals surface area contributed by atoms with E-state index < -0.39 is 0 Å².